The molecule has 0 aliphatic carbocycles. The van der Waals surface area contributed by atoms with Crippen LogP contribution in [0.25, 0.3) is 0 Å². The number of para-hydroxylation sites is 1. The molecule has 0 heterocycles. The second-order valence-corrected chi connectivity index (χ2v) is 2.59. The van der Waals surface area contributed by atoms with Gasteiger partial charge in [-0.3, -0.25) is 10.3 Å². The van der Waals surface area contributed by atoms with Crippen LogP contribution in [0.2, 0.25) is 0 Å². The number of nitrogens with one attached hydrogen (secondary N) is 1. The van der Waals surface area contributed by atoms with Crippen molar-refractivity contribution in [3.05, 3.63) is 30.3 Å². The molecule has 0 unspecified atom stereocenters. The lowest BCUT2D eigenvalue weighted by Gasteiger charge is -2.18. The molecule has 1 aromatic rings. The number of benzene rings is 1. The quantitative estimate of drug-likeness (QED) is 0.496. The summed E-state index contributed by atoms with van der Waals surface area (Å²) in [5, 5.41) is 7.34. The first-order valence-electron chi connectivity index (χ1n) is 3.82. The second-order valence-electron chi connectivity index (χ2n) is 2.59. The van der Waals surface area contributed by atoms with Crippen LogP contribution in [-0.4, -0.2) is 11.9 Å². The predicted octanol–water partition coefficient (Wildman–Crippen LogP) is 1.57. The van der Waals surface area contributed by atoms with Gasteiger partial charge in [-0.15, -0.1) is 0 Å². The van der Waals surface area contributed by atoms with Crippen molar-refractivity contribution in [2.24, 2.45) is 5.73 Å². The molecule has 0 aliphatic heterocycles. The lowest BCUT2D eigenvalue weighted by Crippen LogP contribution is -2.38. The zero-order valence-corrected chi connectivity index (χ0v) is 7.32. The molecule has 0 spiro atoms. The summed E-state index contributed by atoms with van der Waals surface area (Å²) in [6, 6.07) is 8.22. The summed E-state index contributed by atoms with van der Waals surface area (Å²) in [5.41, 5.74) is 5.73. The fraction of sp³-hybridized carbons (Fsp3) is 0.111. The summed E-state index contributed by atoms with van der Waals surface area (Å²) in [6.07, 6.45) is 0. The summed E-state index contributed by atoms with van der Waals surface area (Å²) in [4.78, 5) is 12.1. The molecule has 3 N–H and O–H groups in total. The van der Waals surface area contributed by atoms with Crippen molar-refractivity contribution in [2.75, 3.05) is 4.90 Å². The van der Waals surface area contributed by atoms with Gasteiger partial charge in [0.2, 0.25) is 0 Å². The number of amidine groups is 1. The number of urea groups is 1. The Morgan fingerprint density at radius 1 is 1.38 bits per heavy atom. The highest BCUT2D eigenvalue weighted by molar-refractivity contribution is 6.13. The number of carbonyl (C=O) groups excluding carboxylic acids is 1. The van der Waals surface area contributed by atoms with Gasteiger partial charge in [-0.1, -0.05) is 18.2 Å². The van der Waals surface area contributed by atoms with Crippen molar-refractivity contribution >= 4 is 17.6 Å². The topological polar surface area (TPSA) is 70.2 Å². The highest BCUT2D eigenvalue weighted by atomic mass is 16.2. The average Bonchev–Trinajstić information content (AvgIpc) is 2.04. The molecule has 0 radical (unpaired) electrons. The standard InChI is InChI=1S/C9H11N3O/c1-7(10)12(9(11)13)8-5-3-2-4-6-8/h2-6,10H,1H3,(H2,11,13). The first kappa shape index (κ1) is 9.25. The zero-order chi connectivity index (χ0) is 9.84. The van der Waals surface area contributed by atoms with Crippen LogP contribution in [0.4, 0.5) is 10.5 Å². The SMILES string of the molecule is CC(=N)N(C(N)=O)c1ccccc1. The zero-order valence-electron chi connectivity index (χ0n) is 7.32. The van der Waals surface area contributed by atoms with E-state index in [1.807, 2.05) is 6.07 Å². The van der Waals surface area contributed by atoms with E-state index >= 15 is 0 Å². The normalized spacial score (nSPS) is 9.31. The predicted molar refractivity (Wildman–Crippen MR) is 51.9 cm³/mol. The maximum absolute atomic E-state index is 10.9. The van der Waals surface area contributed by atoms with Gasteiger partial charge in [0.1, 0.15) is 5.84 Å². The van der Waals surface area contributed by atoms with Gasteiger partial charge in [-0.25, -0.2) is 4.79 Å². The molecule has 1 aromatic carbocycles. The van der Waals surface area contributed by atoms with Gasteiger partial charge in [0, 0.05) is 0 Å². The van der Waals surface area contributed by atoms with Gasteiger partial charge in [0.25, 0.3) is 0 Å². The van der Waals surface area contributed by atoms with Crippen molar-refractivity contribution in [2.45, 2.75) is 6.92 Å². The van der Waals surface area contributed by atoms with Crippen molar-refractivity contribution in [3.8, 4) is 0 Å². The van der Waals surface area contributed by atoms with Crippen LogP contribution in [0.3, 0.4) is 0 Å². The third-order valence-corrected chi connectivity index (χ3v) is 1.57. The van der Waals surface area contributed by atoms with Crippen molar-refractivity contribution in [3.63, 3.8) is 0 Å². The van der Waals surface area contributed by atoms with Gasteiger partial charge in [-0.2, -0.15) is 0 Å². The minimum Gasteiger partial charge on any atom is -0.351 e. The summed E-state index contributed by atoms with van der Waals surface area (Å²) in [7, 11) is 0. The average molecular weight is 177 g/mol. The van der Waals surface area contributed by atoms with E-state index in [0.29, 0.717) is 5.69 Å². The number of nitrogens with zero attached hydrogens (tertiary/aromatic N) is 1. The number of nitrogens with two attached hydrogens (primary N) is 1. The minimum absolute atomic E-state index is 0.110. The van der Waals surface area contributed by atoms with Gasteiger partial charge in [-0.05, 0) is 19.1 Å². The lowest BCUT2D eigenvalue weighted by atomic mass is 10.3. The Morgan fingerprint density at radius 3 is 2.31 bits per heavy atom. The highest BCUT2D eigenvalue weighted by Crippen LogP contribution is 2.12. The molecule has 2 amide bonds. The van der Waals surface area contributed by atoms with Gasteiger partial charge >= 0.3 is 6.03 Å². The van der Waals surface area contributed by atoms with Crippen LogP contribution in [0.15, 0.2) is 30.3 Å². The van der Waals surface area contributed by atoms with Crippen LogP contribution in [0.5, 0.6) is 0 Å². The summed E-state index contributed by atoms with van der Waals surface area (Å²) < 4.78 is 0. The fourth-order valence-corrected chi connectivity index (χ4v) is 1.06. The Morgan fingerprint density at radius 2 is 1.92 bits per heavy atom. The maximum Gasteiger partial charge on any atom is 0.324 e. The molecule has 0 saturated heterocycles. The Labute approximate surface area is 76.5 Å². The number of carbonyl (C=O) groups is 1. The minimum atomic E-state index is -0.640. The lowest BCUT2D eigenvalue weighted by molar-refractivity contribution is 0.256. The molecule has 0 aromatic heterocycles. The van der Waals surface area contributed by atoms with E-state index < -0.39 is 6.03 Å². The first-order chi connectivity index (χ1) is 6.13. The highest BCUT2D eigenvalue weighted by Gasteiger charge is 2.12. The Balaban J connectivity index is 3.03. The molecule has 0 saturated carbocycles. The van der Waals surface area contributed by atoms with Crippen LogP contribution < -0.4 is 10.6 Å². The summed E-state index contributed by atoms with van der Waals surface area (Å²) in [5.74, 6) is 0.110. The molecule has 0 fully saturated rings. The van der Waals surface area contributed by atoms with E-state index in [-0.39, 0.29) is 5.84 Å². The molecule has 0 atom stereocenters. The van der Waals surface area contributed by atoms with Crippen molar-refractivity contribution in [1.29, 1.82) is 5.41 Å². The molecule has 4 nitrogen and oxygen atoms in total. The number of anilines is 1. The van der Waals surface area contributed by atoms with Crippen LogP contribution in [0.1, 0.15) is 6.92 Å². The summed E-state index contributed by atoms with van der Waals surface area (Å²) in [6.45, 7) is 1.51. The largest absolute Gasteiger partial charge is 0.351 e. The monoisotopic (exact) mass is 177 g/mol. The van der Waals surface area contributed by atoms with E-state index in [1.165, 1.54) is 6.92 Å². The van der Waals surface area contributed by atoms with Crippen LogP contribution >= 0.6 is 0 Å². The van der Waals surface area contributed by atoms with Gasteiger partial charge < -0.3 is 5.73 Å². The number of hydrogen-bond donors (Lipinski definition) is 2. The molecule has 0 bridgehead atoms. The van der Waals surface area contributed by atoms with E-state index in [9.17, 15) is 4.79 Å². The molecule has 4 heteroatoms. The number of rotatable bonds is 1. The van der Waals surface area contributed by atoms with E-state index in [0.717, 1.165) is 4.90 Å². The number of amides is 2. The molecular formula is C9H11N3O. The van der Waals surface area contributed by atoms with Gasteiger partial charge in [0.15, 0.2) is 0 Å². The molecule has 1 rings (SSSR count). The van der Waals surface area contributed by atoms with Crippen LogP contribution in [0, 0.1) is 5.41 Å². The van der Waals surface area contributed by atoms with E-state index in [4.69, 9.17) is 11.1 Å². The molecule has 0 aliphatic rings. The summed E-state index contributed by atoms with van der Waals surface area (Å²) >= 11 is 0. The molecule has 68 valence electrons. The number of primary amides is 1. The number of hydrogen-bond acceptors (Lipinski definition) is 2. The van der Waals surface area contributed by atoms with Gasteiger partial charge in [0.05, 0.1) is 5.69 Å². The second kappa shape index (κ2) is 3.71. The molecular weight excluding hydrogens is 166 g/mol. The van der Waals surface area contributed by atoms with Crippen molar-refractivity contribution < 1.29 is 4.79 Å². The Kier molecular flexibility index (Phi) is 2.64. The van der Waals surface area contributed by atoms with E-state index in [1.54, 1.807) is 24.3 Å². The maximum atomic E-state index is 10.9. The molecule has 13 heavy (non-hydrogen) atoms. The van der Waals surface area contributed by atoms with Crippen LogP contribution in [-0.2, 0) is 0 Å². The van der Waals surface area contributed by atoms with E-state index in [2.05, 4.69) is 0 Å². The third kappa shape index (κ3) is 2.05. The smallest absolute Gasteiger partial charge is 0.324 e. The third-order valence-electron chi connectivity index (χ3n) is 1.57. The Hall–Kier alpha value is -1.84. The fourth-order valence-electron chi connectivity index (χ4n) is 1.06. The Bertz CT molecular complexity index is 307. The first-order valence-corrected chi connectivity index (χ1v) is 3.82. The van der Waals surface area contributed by atoms with Crippen molar-refractivity contribution in [1.82, 2.24) is 0 Å².